The average molecular weight is 373 g/mol. The number of nitrogens with zero attached hydrogens (tertiary/aromatic N) is 3. The van der Waals surface area contributed by atoms with Crippen LogP contribution in [0.3, 0.4) is 0 Å². The first-order chi connectivity index (χ1) is 11.7. The fraction of sp³-hybridized carbons (Fsp3) is 0.267. The summed E-state index contributed by atoms with van der Waals surface area (Å²) in [6, 6.07) is 6.17. The summed E-state index contributed by atoms with van der Waals surface area (Å²) in [6.45, 7) is 2.49. The van der Waals surface area contributed by atoms with Crippen molar-refractivity contribution in [1.29, 1.82) is 0 Å². The number of hydrogen-bond acceptors (Lipinski definition) is 4. The van der Waals surface area contributed by atoms with Gasteiger partial charge in [0.1, 0.15) is 0 Å². The van der Waals surface area contributed by atoms with E-state index < -0.39 is 24.0 Å². The number of nitrogens with one attached hydrogen (secondary N) is 1. The Morgan fingerprint density at radius 1 is 1.28 bits per heavy atom. The van der Waals surface area contributed by atoms with Crippen LogP contribution in [0.2, 0.25) is 5.02 Å². The Morgan fingerprint density at radius 2 is 1.92 bits per heavy atom. The lowest BCUT2D eigenvalue weighted by Gasteiger charge is -2.16. The van der Waals surface area contributed by atoms with E-state index >= 15 is 0 Å². The minimum Gasteiger partial charge on any atom is -0.452 e. The molecule has 1 atom stereocenters. The van der Waals surface area contributed by atoms with Crippen LogP contribution in [0.5, 0.6) is 6.01 Å². The first-order valence-electron chi connectivity index (χ1n) is 7.16. The lowest BCUT2D eigenvalue weighted by atomic mass is 10.1. The van der Waals surface area contributed by atoms with Crippen molar-refractivity contribution in [2.45, 2.75) is 26.1 Å². The molecule has 3 rings (SSSR count). The van der Waals surface area contributed by atoms with Crippen molar-refractivity contribution in [2.24, 2.45) is 0 Å². The van der Waals surface area contributed by atoms with E-state index in [1.165, 1.54) is 0 Å². The lowest BCUT2D eigenvalue weighted by Crippen LogP contribution is -2.33. The van der Waals surface area contributed by atoms with E-state index in [2.05, 4.69) is 15.1 Å². The highest BCUT2D eigenvalue weighted by atomic mass is 35.5. The van der Waals surface area contributed by atoms with Crippen molar-refractivity contribution in [3.05, 3.63) is 45.5 Å². The molecule has 0 fully saturated rings. The number of benzene rings is 1. The third-order valence-electron chi connectivity index (χ3n) is 3.53. The molecule has 6 nitrogen and oxygen atoms in total. The molecule has 0 bridgehead atoms. The zero-order valence-corrected chi connectivity index (χ0v) is 13.8. The second kappa shape index (κ2) is 6.07. The first kappa shape index (κ1) is 17.3. The summed E-state index contributed by atoms with van der Waals surface area (Å²) in [6.07, 6.45) is -6.71. The molecule has 0 radical (unpaired) electrons. The average Bonchev–Trinajstić information content (AvgIpc) is 2.84. The Balaban J connectivity index is 2.14. The Kier molecular flexibility index (Phi) is 4.19. The molecule has 0 aliphatic heterocycles. The molecule has 0 aliphatic rings. The predicted octanol–water partition coefficient (Wildman–Crippen LogP) is 3.38. The maximum absolute atomic E-state index is 12.7. The van der Waals surface area contributed by atoms with Gasteiger partial charge in [-0.15, -0.1) is 0 Å². The quantitative estimate of drug-likeness (QED) is 0.765. The van der Waals surface area contributed by atoms with E-state index in [1.54, 1.807) is 31.2 Å². The standard InChI is InChI=1S/C15H12ClF3N4O2/c1-7-11(9-3-5-10(16)6-4-9)12-20-13(21-14(24)23(12)22-7)25-8(2)15(17,18)19/h3-6,8H,1-2H3,(H,20,21,24). The van der Waals surface area contributed by atoms with Crippen molar-refractivity contribution < 1.29 is 17.9 Å². The fourth-order valence-electron chi connectivity index (χ4n) is 2.27. The number of hydrogen-bond donors (Lipinski definition) is 1. The monoisotopic (exact) mass is 372 g/mol. The molecule has 1 aromatic carbocycles. The first-order valence-corrected chi connectivity index (χ1v) is 7.53. The van der Waals surface area contributed by atoms with Gasteiger partial charge in [-0.1, -0.05) is 23.7 Å². The van der Waals surface area contributed by atoms with Gasteiger partial charge in [0.2, 0.25) is 0 Å². The van der Waals surface area contributed by atoms with Crippen LogP contribution >= 0.6 is 11.6 Å². The van der Waals surface area contributed by atoms with Gasteiger partial charge in [0.15, 0.2) is 11.8 Å². The van der Waals surface area contributed by atoms with E-state index in [1.807, 2.05) is 0 Å². The van der Waals surface area contributed by atoms with Crippen molar-refractivity contribution in [2.75, 3.05) is 0 Å². The van der Waals surface area contributed by atoms with Gasteiger partial charge in [-0.25, -0.2) is 4.79 Å². The number of aromatic amines is 1. The summed E-state index contributed by atoms with van der Waals surface area (Å²) in [5, 5.41) is 4.60. The number of ether oxygens (including phenoxy) is 1. The number of aromatic nitrogens is 4. The molecule has 2 heterocycles. The maximum atomic E-state index is 12.7. The molecule has 0 saturated heterocycles. The normalized spacial score (nSPS) is 13.2. The van der Waals surface area contributed by atoms with Crippen LogP contribution in [0, 0.1) is 6.92 Å². The van der Waals surface area contributed by atoms with E-state index in [9.17, 15) is 18.0 Å². The SMILES string of the molecule is Cc1nn2c(=O)[nH]c(OC(C)C(F)(F)F)nc2c1-c1ccc(Cl)cc1. The van der Waals surface area contributed by atoms with E-state index in [0.717, 1.165) is 11.4 Å². The highest BCUT2D eigenvalue weighted by Gasteiger charge is 2.38. The molecular weight excluding hydrogens is 361 g/mol. The molecule has 0 spiro atoms. The molecule has 10 heteroatoms. The molecule has 0 saturated carbocycles. The third-order valence-corrected chi connectivity index (χ3v) is 3.78. The van der Waals surface area contributed by atoms with Crippen LogP contribution < -0.4 is 10.4 Å². The highest BCUT2D eigenvalue weighted by molar-refractivity contribution is 6.30. The molecule has 132 valence electrons. The van der Waals surface area contributed by atoms with E-state index in [4.69, 9.17) is 16.3 Å². The molecular formula is C15H12ClF3N4O2. The molecule has 3 aromatic rings. The number of aryl methyl sites for hydroxylation is 1. The van der Waals surface area contributed by atoms with Crippen LogP contribution in [0.1, 0.15) is 12.6 Å². The van der Waals surface area contributed by atoms with Crippen molar-refractivity contribution in [3.8, 4) is 17.1 Å². The Morgan fingerprint density at radius 3 is 2.52 bits per heavy atom. The van der Waals surface area contributed by atoms with Gasteiger partial charge in [0.05, 0.1) is 5.69 Å². The molecule has 2 aromatic heterocycles. The Labute approximate surface area is 144 Å². The number of H-pyrrole nitrogens is 1. The molecule has 25 heavy (non-hydrogen) atoms. The summed E-state index contributed by atoms with van der Waals surface area (Å²) in [7, 11) is 0. The van der Waals surface area contributed by atoms with Crippen molar-refractivity contribution in [3.63, 3.8) is 0 Å². The van der Waals surface area contributed by atoms with Gasteiger partial charge >= 0.3 is 11.9 Å². The number of fused-ring (bicyclic) bond motifs is 1. The van der Waals surface area contributed by atoms with Gasteiger partial charge < -0.3 is 4.74 Å². The van der Waals surface area contributed by atoms with E-state index in [0.29, 0.717) is 21.8 Å². The number of halogens is 4. The van der Waals surface area contributed by atoms with Gasteiger partial charge in [-0.05, 0) is 31.5 Å². The summed E-state index contributed by atoms with van der Waals surface area (Å²) in [5.74, 6) is 0. The van der Waals surface area contributed by atoms with Crippen LogP contribution in [0.25, 0.3) is 16.8 Å². The lowest BCUT2D eigenvalue weighted by molar-refractivity contribution is -0.190. The number of alkyl halides is 3. The molecule has 1 N–H and O–H groups in total. The smallest absolute Gasteiger partial charge is 0.425 e. The van der Waals surface area contributed by atoms with Crippen LogP contribution in [-0.2, 0) is 0 Å². The van der Waals surface area contributed by atoms with Gasteiger partial charge in [-0.2, -0.15) is 27.8 Å². The van der Waals surface area contributed by atoms with Crippen LogP contribution in [0.15, 0.2) is 29.1 Å². The minimum atomic E-state index is -4.58. The zero-order valence-electron chi connectivity index (χ0n) is 13.1. The van der Waals surface area contributed by atoms with Gasteiger partial charge in [0.25, 0.3) is 6.01 Å². The van der Waals surface area contributed by atoms with E-state index in [-0.39, 0.29) is 5.65 Å². The minimum absolute atomic E-state index is 0.0907. The van der Waals surface area contributed by atoms with Crippen molar-refractivity contribution >= 4 is 17.2 Å². The topological polar surface area (TPSA) is 72.3 Å². The summed E-state index contributed by atoms with van der Waals surface area (Å²) >= 11 is 5.86. The highest BCUT2D eigenvalue weighted by Crippen LogP contribution is 2.29. The Bertz CT molecular complexity index is 979. The van der Waals surface area contributed by atoms with Crippen molar-refractivity contribution in [1.82, 2.24) is 19.6 Å². The predicted molar refractivity (Wildman–Crippen MR) is 84.9 cm³/mol. The molecule has 1 unspecified atom stereocenters. The summed E-state index contributed by atoms with van der Waals surface area (Å²) in [4.78, 5) is 18.2. The van der Waals surface area contributed by atoms with Gasteiger partial charge in [-0.3, -0.25) is 4.98 Å². The molecule has 0 aliphatic carbocycles. The third kappa shape index (κ3) is 3.32. The van der Waals surface area contributed by atoms with Crippen LogP contribution in [-0.4, -0.2) is 31.9 Å². The maximum Gasteiger partial charge on any atom is 0.425 e. The second-order valence-corrected chi connectivity index (χ2v) is 5.79. The van der Waals surface area contributed by atoms with Crippen LogP contribution in [0.4, 0.5) is 13.2 Å². The van der Waals surface area contributed by atoms with Gasteiger partial charge in [0, 0.05) is 10.6 Å². The summed E-state index contributed by atoms with van der Waals surface area (Å²) < 4.78 is 43.7. The summed E-state index contributed by atoms with van der Waals surface area (Å²) in [5.41, 5.74) is 1.00. The number of rotatable bonds is 3. The second-order valence-electron chi connectivity index (χ2n) is 5.35. The Hall–Kier alpha value is -2.55. The molecule has 0 amide bonds. The largest absolute Gasteiger partial charge is 0.452 e. The fourth-order valence-corrected chi connectivity index (χ4v) is 2.40. The zero-order chi connectivity index (χ0) is 18.4.